The number of nitrogens with one attached hydrogen (secondary N) is 1. The number of nitrogens with two attached hydrogens (primary N) is 1. The highest BCUT2D eigenvalue weighted by Crippen LogP contribution is 2.24. The van der Waals surface area contributed by atoms with Gasteiger partial charge in [0, 0.05) is 13.0 Å². The van der Waals surface area contributed by atoms with E-state index in [0.29, 0.717) is 22.6 Å². The third-order valence-electron chi connectivity index (χ3n) is 2.61. The van der Waals surface area contributed by atoms with Crippen LogP contribution in [0.15, 0.2) is 0 Å². The zero-order valence-corrected chi connectivity index (χ0v) is 13.0. The second kappa shape index (κ2) is 7.50. The Bertz CT molecular complexity index is 406. The largest absolute Gasteiger partial charge is 0.393 e. The molecule has 1 aromatic heterocycles. The molecular weight excluding hydrogens is 262 g/mol. The summed E-state index contributed by atoms with van der Waals surface area (Å²) in [6.45, 7) is 6.08. The van der Waals surface area contributed by atoms with Gasteiger partial charge in [0.2, 0.25) is 0 Å². The average Bonchev–Trinajstić information content (AvgIpc) is 2.29. The molecule has 0 aliphatic carbocycles. The quantitative estimate of drug-likeness (QED) is 0.594. The minimum absolute atomic E-state index is 0.334. The van der Waals surface area contributed by atoms with Crippen LogP contribution in [-0.2, 0) is 6.42 Å². The Labute approximate surface area is 120 Å². The summed E-state index contributed by atoms with van der Waals surface area (Å²) in [4.78, 5) is 10.8. The normalized spacial score (nSPS) is 11.3. The van der Waals surface area contributed by atoms with E-state index < -0.39 is 0 Å². The Morgan fingerprint density at radius 3 is 2.58 bits per heavy atom. The molecule has 0 unspecified atom stereocenters. The topological polar surface area (TPSA) is 67.1 Å². The summed E-state index contributed by atoms with van der Waals surface area (Å²) in [6.07, 6.45) is 1.82. The highest BCUT2D eigenvalue weighted by atomic mass is 35.5. The Balaban J connectivity index is 2.67. The molecule has 0 fully saturated rings. The van der Waals surface area contributed by atoms with Crippen molar-refractivity contribution in [2.45, 2.75) is 26.7 Å². The Morgan fingerprint density at radius 1 is 1.32 bits per heavy atom. The maximum absolute atomic E-state index is 6.04. The molecule has 5 nitrogen and oxygen atoms in total. The molecule has 0 amide bonds. The lowest BCUT2D eigenvalue weighted by Crippen LogP contribution is -2.17. The molecule has 0 spiro atoms. The predicted molar refractivity (Wildman–Crippen MR) is 81.7 cm³/mol. The van der Waals surface area contributed by atoms with Crippen LogP contribution in [0, 0.1) is 5.92 Å². The van der Waals surface area contributed by atoms with Crippen molar-refractivity contribution in [1.29, 1.82) is 0 Å². The van der Waals surface area contributed by atoms with E-state index in [0.717, 1.165) is 31.8 Å². The maximum Gasteiger partial charge on any atom is 0.157 e. The van der Waals surface area contributed by atoms with E-state index in [2.05, 4.69) is 48.1 Å². The number of nitrogens with zero attached hydrogens (tertiary/aromatic N) is 3. The summed E-state index contributed by atoms with van der Waals surface area (Å²) >= 11 is 6.04. The fourth-order valence-electron chi connectivity index (χ4n) is 1.68. The van der Waals surface area contributed by atoms with E-state index >= 15 is 0 Å². The summed E-state index contributed by atoms with van der Waals surface area (Å²) in [5, 5.41) is 3.57. The van der Waals surface area contributed by atoms with Gasteiger partial charge in [-0.2, -0.15) is 0 Å². The molecule has 0 saturated carbocycles. The van der Waals surface area contributed by atoms with Crippen molar-refractivity contribution in [2.24, 2.45) is 5.92 Å². The smallest absolute Gasteiger partial charge is 0.157 e. The van der Waals surface area contributed by atoms with Crippen molar-refractivity contribution < 1.29 is 0 Å². The molecule has 1 rings (SSSR count). The Kier molecular flexibility index (Phi) is 6.31. The Morgan fingerprint density at radius 2 is 2.00 bits per heavy atom. The fourth-order valence-corrected chi connectivity index (χ4v) is 1.87. The lowest BCUT2D eigenvalue weighted by molar-refractivity contribution is 0.405. The van der Waals surface area contributed by atoms with Crippen molar-refractivity contribution in [3.8, 4) is 0 Å². The van der Waals surface area contributed by atoms with Crippen LogP contribution in [0.25, 0.3) is 0 Å². The van der Waals surface area contributed by atoms with Gasteiger partial charge in [0.05, 0.1) is 0 Å². The second-order valence-electron chi connectivity index (χ2n) is 5.37. The monoisotopic (exact) mass is 285 g/mol. The minimum atomic E-state index is 0.334. The highest BCUT2D eigenvalue weighted by molar-refractivity contribution is 6.32. The van der Waals surface area contributed by atoms with Crippen molar-refractivity contribution >= 4 is 23.1 Å². The van der Waals surface area contributed by atoms with Gasteiger partial charge in [0.15, 0.2) is 11.0 Å². The van der Waals surface area contributed by atoms with Gasteiger partial charge in [0.1, 0.15) is 11.5 Å². The van der Waals surface area contributed by atoms with Crippen LogP contribution in [0.4, 0.5) is 11.5 Å². The van der Waals surface area contributed by atoms with Gasteiger partial charge in [-0.05, 0) is 33.0 Å². The molecule has 0 bridgehead atoms. The molecule has 3 N–H and O–H groups in total. The summed E-state index contributed by atoms with van der Waals surface area (Å²) in [7, 11) is 4.10. The maximum atomic E-state index is 6.04. The summed E-state index contributed by atoms with van der Waals surface area (Å²) in [5.74, 6) is 1.87. The number of anilines is 2. The van der Waals surface area contributed by atoms with Crippen LogP contribution in [0.3, 0.4) is 0 Å². The van der Waals surface area contributed by atoms with Crippen molar-refractivity contribution in [3.05, 3.63) is 11.0 Å². The van der Waals surface area contributed by atoms with Gasteiger partial charge in [0.25, 0.3) is 0 Å². The SMILES string of the molecule is CC(C)Cc1nc(Cl)c(N)c(NCCCN(C)C)n1. The molecular formula is C13H24ClN5. The third kappa shape index (κ3) is 5.61. The van der Waals surface area contributed by atoms with Crippen LogP contribution in [0.2, 0.25) is 5.15 Å². The molecule has 1 aromatic rings. The zero-order valence-electron chi connectivity index (χ0n) is 12.2. The molecule has 0 aromatic carbocycles. The van der Waals surface area contributed by atoms with E-state index in [-0.39, 0.29) is 0 Å². The first-order valence-corrected chi connectivity index (χ1v) is 6.98. The van der Waals surface area contributed by atoms with E-state index in [1.807, 2.05) is 0 Å². The number of halogens is 1. The van der Waals surface area contributed by atoms with E-state index in [1.165, 1.54) is 0 Å². The molecule has 0 aliphatic rings. The van der Waals surface area contributed by atoms with Crippen LogP contribution >= 0.6 is 11.6 Å². The van der Waals surface area contributed by atoms with Crippen LogP contribution in [0.1, 0.15) is 26.1 Å². The average molecular weight is 286 g/mol. The first-order valence-electron chi connectivity index (χ1n) is 6.60. The third-order valence-corrected chi connectivity index (χ3v) is 2.90. The van der Waals surface area contributed by atoms with Crippen LogP contribution in [0.5, 0.6) is 0 Å². The first kappa shape index (κ1) is 16.0. The molecule has 19 heavy (non-hydrogen) atoms. The highest BCUT2D eigenvalue weighted by Gasteiger charge is 2.11. The molecule has 0 saturated heterocycles. The number of hydrogen-bond donors (Lipinski definition) is 2. The number of rotatable bonds is 7. The molecule has 6 heteroatoms. The molecule has 0 atom stereocenters. The lowest BCUT2D eigenvalue weighted by atomic mass is 10.1. The van der Waals surface area contributed by atoms with Gasteiger partial charge in [-0.3, -0.25) is 0 Å². The minimum Gasteiger partial charge on any atom is -0.393 e. The lowest BCUT2D eigenvalue weighted by Gasteiger charge is -2.13. The number of hydrogen-bond acceptors (Lipinski definition) is 5. The van der Waals surface area contributed by atoms with Crippen molar-refractivity contribution in [1.82, 2.24) is 14.9 Å². The van der Waals surface area contributed by atoms with Gasteiger partial charge in [-0.1, -0.05) is 25.4 Å². The van der Waals surface area contributed by atoms with E-state index in [1.54, 1.807) is 0 Å². The summed E-state index contributed by atoms with van der Waals surface area (Å²) in [5.41, 5.74) is 6.32. The molecule has 108 valence electrons. The fraction of sp³-hybridized carbons (Fsp3) is 0.692. The summed E-state index contributed by atoms with van der Waals surface area (Å²) < 4.78 is 0. The second-order valence-corrected chi connectivity index (χ2v) is 5.73. The van der Waals surface area contributed by atoms with Crippen LogP contribution < -0.4 is 11.1 Å². The standard InChI is InChI=1S/C13H24ClN5/c1-9(2)8-10-17-12(14)11(15)13(18-10)16-6-5-7-19(3)4/h9H,5-8,15H2,1-4H3,(H,16,17,18). The first-order chi connectivity index (χ1) is 8.90. The van der Waals surface area contributed by atoms with Crippen molar-refractivity contribution in [3.63, 3.8) is 0 Å². The van der Waals surface area contributed by atoms with Gasteiger partial charge >= 0.3 is 0 Å². The van der Waals surface area contributed by atoms with E-state index in [4.69, 9.17) is 17.3 Å². The van der Waals surface area contributed by atoms with Gasteiger partial charge in [-0.15, -0.1) is 0 Å². The predicted octanol–water partition coefficient (Wildman–Crippen LogP) is 2.27. The van der Waals surface area contributed by atoms with Gasteiger partial charge in [-0.25, -0.2) is 9.97 Å². The molecule has 0 aliphatic heterocycles. The Hall–Kier alpha value is -1.07. The molecule has 0 radical (unpaired) electrons. The zero-order chi connectivity index (χ0) is 14.4. The van der Waals surface area contributed by atoms with E-state index in [9.17, 15) is 0 Å². The molecule has 1 heterocycles. The summed E-state index contributed by atoms with van der Waals surface area (Å²) in [6, 6.07) is 0. The van der Waals surface area contributed by atoms with Crippen LogP contribution in [-0.4, -0.2) is 42.1 Å². The van der Waals surface area contributed by atoms with Gasteiger partial charge < -0.3 is 16.0 Å². The number of nitrogen functional groups attached to an aromatic ring is 1. The number of aromatic nitrogens is 2. The van der Waals surface area contributed by atoms with Crippen molar-refractivity contribution in [2.75, 3.05) is 38.2 Å².